The van der Waals surface area contributed by atoms with Crippen molar-refractivity contribution in [2.45, 2.75) is 25.8 Å². The van der Waals surface area contributed by atoms with Gasteiger partial charge >= 0.3 is 0 Å². The number of fused-ring (bicyclic) bond motifs is 1. The summed E-state index contributed by atoms with van der Waals surface area (Å²) in [6.07, 6.45) is 0. The van der Waals surface area contributed by atoms with Crippen LogP contribution in [0.15, 0.2) is 29.6 Å². The third-order valence-electron chi connectivity index (χ3n) is 3.55. The third-order valence-corrected chi connectivity index (χ3v) is 4.78. The van der Waals surface area contributed by atoms with Crippen LogP contribution in [-0.2, 0) is 12.0 Å². The number of aromatic nitrogens is 3. The number of imidazole rings is 1. The molecule has 110 valence electrons. The van der Waals surface area contributed by atoms with Crippen molar-refractivity contribution in [2.75, 3.05) is 12.8 Å². The highest BCUT2D eigenvalue weighted by Crippen LogP contribution is 2.31. The zero-order valence-corrected chi connectivity index (χ0v) is 13.1. The number of pyridine rings is 1. The molecule has 0 saturated carbocycles. The number of hydrogen-bond acceptors (Lipinski definition) is 5. The molecule has 21 heavy (non-hydrogen) atoms. The maximum atomic E-state index is 6.08. The van der Waals surface area contributed by atoms with Crippen LogP contribution in [0.25, 0.3) is 11.2 Å². The molecule has 0 unspecified atom stereocenters. The second kappa shape index (κ2) is 5.04. The van der Waals surface area contributed by atoms with E-state index in [0.29, 0.717) is 11.8 Å². The standard InChI is InChI=1S/C15H18N4OS/c1-15(2,11-5-4-8-21-11)9-19-13-10(17-14(19)16)6-7-12(18-13)20-3/h4-8H,9H2,1-3H3,(H2,16,17). The maximum Gasteiger partial charge on any atom is 0.215 e. The summed E-state index contributed by atoms with van der Waals surface area (Å²) in [5.41, 5.74) is 7.59. The molecule has 0 aliphatic carbocycles. The van der Waals surface area contributed by atoms with Crippen molar-refractivity contribution in [2.24, 2.45) is 0 Å². The van der Waals surface area contributed by atoms with Crippen LogP contribution in [0.2, 0.25) is 0 Å². The van der Waals surface area contributed by atoms with Gasteiger partial charge in [0.15, 0.2) is 5.65 Å². The summed E-state index contributed by atoms with van der Waals surface area (Å²) in [4.78, 5) is 10.2. The molecule has 3 aromatic heterocycles. The lowest BCUT2D eigenvalue weighted by Crippen LogP contribution is -2.24. The first-order valence-electron chi connectivity index (χ1n) is 6.72. The molecule has 5 nitrogen and oxygen atoms in total. The Labute approximate surface area is 127 Å². The van der Waals surface area contributed by atoms with Gasteiger partial charge in [0.05, 0.1) is 7.11 Å². The van der Waals surface area contributed by atoms with Gasteiger partial charge in [0.25, 0.3) is 0 Å². The fourth-order valence-corrected chi connectivity index (χ4v) is 3.25. The Morgan fingerprint density at radius 3 is 2.76 bits per heavy atom. The Hall–Kier alpha value is -2.08. The number of hydrogen-bond donors (Lipinski definition) is 1. The Morgan fingerprint density at radius 1 is 1.29 bits per heavy atom. The molecular formula is C15H18N4OS. The van der Waals surface area contributed by atoms with E-state index in [4.69, 9.17) is 10.5 Å². The molecule has 0 bridgehead atoms. The summed E-state index contributed by atoms with van der Waals surface area (Å²) in [5, 5.41) is 2.09. The van der Waals surface area contributed by atoms with Crippen LogP contribution < -0.4 is 10.5 Å². The van der Waals surface area contributed by atoms with Gasteiger partial charge in [-0.15, -0.1) is 11.3 Å². The number of nitrogens with two attached hydrogens (primary N) is 1. The van der Waals surface area contributed by atoms with Gasteiger partial charge in [-0.1, -0.05) is 19.9 Å². The summed E-state index contributed by atoms with van der Waals surface area (Å²) < 4.78 is 7.15. The van der Waals surface area contributed by atoms with Gasteiger partial charge in [0.1, 0.15) is 5.52 Å². The lowest BCUT2D eigenvalue weighted by Gasteiger charge is -2.24. The van der Waals surface area contributed by atoms with Crippen molar-refractivity contribution < 1.29 is 4.74 Å². The molecule has 0 amide bonds. The maximum absolute atomic E-state index is 6.08. The van der Waals surface area contributed by atoms with Crippen molar-refractivity contribution in [1.82, 2.24) is 14.5 Å². The molecule has 3 rings (SSSR count). The minimum Gasteiger partial charge on any atom is -0.481 e. The molecule has 3 aromatic rings. The smallest absolute Gasteiger partial charge is 0.215 e. The Morgan fingerprint density at radius 2 is 2.10 bits per heavy atom. The van der Waals surface area contributed by atoms with E-state index >= 15 is 0 Å². The van der Waals surface area contributed by atoms with Gasteiger partial charge in [0.2, 0.25) is 11.8 Å². The van der Waals surface area contributed by atoms with Crippen molar-refractivity contribution in [3.63, 3.8) is 0 Å². The van der Waals surface area contributed by atoms with Gasteiger partial charge in [-0.2, -0.15) is 4.98 Å². The SMILES string of the molecule is COc1ccc2nc(N)n(CC(C)(C)c3cccs3)c2n1. The number of methoxy groups -OCH3 is 1. The van der Waals surface area contributed by atoms with Crippen molar-refractivity contribution in [3.05, 3.63) is 34.5 Å². The Bertz CT molecular complexity index is 761. The van der Waals surface area contributed by atoms with Crippen molar-refractivity contribution >= 4 is 28.4 Å². The molecule has 6 heteroatoms. The number of nitrogen functional groups attached to an aromatic ring is 1. The molecule has 0 aliphatic rings. The summed E-state index contributed by atoms with van der Waals surface area (Å²) >= 11 is 1.75. The first-order chi connectivity index (χ1) is 10.0. The second-order valence-corrected chi connectivity index (χ2v) is 6.56. The largest absolute Gasteiger partial charge is 0.481 e. The minimum atomic E-state index is -0.0410. The van der Waals surface area contributed by atoms with Gasteiger partial charge < -0.3 is 10.5 Å². The fourth-order valence-electron chi connectivity index (χ4n) is 2.41. The average molecular weight is 302 g/mol. The van der Waals surface area contributed by atoms with Gasteiger partial charge in [-0.3, -0.25) is 4.57 Å². The second-order valence-electron chi connectivity index (χ2n) is 5.61. The number of rotatable bonds is 4. The highest BCUT2D eigenvalue weighted by atomic mass is 32.1. The van der Waals surface area contributed by atoms with Crippen molar-refractivity contribution in [3.8, 4) is 5.88 Å². The first kappa shape index (κ1) is 13.9. The quantitative estimate of drug-likeness (QED) is 0.804. The summed E-state index contributed by atoms with van der Waals surface area (Å²) in [6.45, 7) is 5.12. The Balaban J connectivity index is 2.05. The average Bonchev–Trinajstić information content (AvgIpc) is 3.08. The third kappa shape index (κ3) is 2.47. The van der Waals surface area contributed by atoms with E-state index in [-0.39, 0.29) is 5.41 Å². The van der Waals surface area contributed by atoms with E-state index in [2.05, 4.69) is 41.3 Å². The summed E-state index contributed by atoms with van der Waals surface area (Å²) in [7, 11) is 1.60. The molecule has 0 atom stereocenters. The van der Waals surface area contributed by atoms with Crippen LogP contribution in [0.3, 0.4) is 0 Å². The van der Waals surface area contributed by atoms with Crippen LogP contribution >= 0.6 is 11.3 Å². The minimum absolute atomic E-state index is 0.0410. The van der Waals surface area contributed by atoms with Gasteiger partial charge in [-0.05, 0) is 17.5 Å². The number of nitrogens with zero attached hydrogens (tertiary/aromatic N) is 3. The molecule has 0 saturated heterocycles. The summed E-state index contributed by atoms with van der Waals surface area (Å²) in [6, 6.07) is 7.89. The van der Waals surface area contributed by atoms with E-state index in [9.17, 15) is 0 Å². The predicted octanol–water partition coefficient (Wildman–Crippen LogP) is 3.06. The lowest BCUT2D eigenvalue weighted by molar-refractivity contribution is 0.397. The van der Waals surface area contributed by atoms with E-state index < -0.39 is 0 Å². The van der Waals surface area contributed by atoms with Crippen LogP contribution in [0.1, 0.15) is 18.7 Å². The predicted molar refractivity (Wildman–Crippen MR) is 85.8 cm³/mol. The van der Waals surface area contributed by atoms with Crippen molar-refractivity contribution in [1.29, 1.82) is 0 Å². The van der Waals surface area contributed by atoms with Gasteiger partial charge in [-0.25, -0.2) is 4.98 Å². The first-order valence-corrected chi connectivity index (χ1v) is 7.60. The number of thiophene rings is 1. The molecule has 0 fully saturated rings. The highest BCUT2D eigenvalue weighted by Gasteiger charge is 2.25. The molecule has 0 aromatic carbocycles. The molecule has 3 heterocycles. The molecular weight excluding hydrogens is 284 g/mol. The van der Waals surface area contributed by atoms with Crippen LogP contribution in [0.4, 0.5) is 5.95 Å². The monoisotopic (exact) mass is 302 g/mol. The number of anilines is 1. The highest BCUT2D eigenvalue weighted by molar-refractivity contribution is 7.10. The summed E-state index contributed by atoms with van der Waals surface area (Å²) in [5.74, 6) is 1.05. The molecule has 0 radical (unpaired) electrons. The Kier molecular flexibility index (Phi) is 3.33. The molecule has 0 spiro atoms. The van der Waals surface area contributed by atoms with Crippen LogP contribution in [-0.4, -0.2) is 21.6 Å². The molecule has 0 aliphatic heterocycles. The van der Waals surface area contributed by atoms with Crippen LogP contribution in [0.5, 0.6) is 5.88 Å². The topological polar surface area (TPSA) is 66.0 Å². The van der Waals surface area contributed by atoms with E-state index in [0.717, 1.165) is 17.7 Å². The zero-order valence-electron chi connectivity index (χ0n) is 12.3. The number of ether oxygens (including phenoxy) is 1. The lowest BCUT2D eigenvalue weighted by atomic mass is 9.91. The molecule has 2 N–H and O–H groups in total. The van der Waals surface area contributed by atoms with Gasteiger partial charge in [0, 0.05) is 22.9 Å². The zero-order chi connectivity index (χ0) is 15.0. The van der Waals surface area contributed by atoms with E-state index in [1.54, 1.807) is 24.5 Å². The fraction of sp³-hybridized carbons (Fsp3) is 0.333. The van der Waals surface area contributed by atoms with E-state index in [1.807, 2.05) is 10.6 Å². The normalized spacial score (nSPS) is 12.0. The van der Waals surface area contributed by atoms with E-state index in [1.165, 1.54) is 4.88 Å². The van der Waals surface area contributed by atoms with Crippen LogP contribution in [0, 0.1) is 0 Å².